The normalized spacial score (nSPS) is 24.6. The fourth-order valence-corrected chi connectivity index (χ4v) is 2.37. The molecule has 0 bridgehead atoms. The summed E-state index contributed by atoms with van der Waals surface area (Å²) in [7, 11) is 0. The molecule has 2 unspecified atom stereocenters. The summed E-state index contributed by atoms with van der Waals surface area (Å²) in [6, 6.07) is 6.41. The molecule has 8 heteroatoms. The summed E-state index contributed by atoms with van der Waals surface area (Å²) in [4.78, 5) is 39.2. The van der Waals surface area contributed by atoms with E-state index in [9.17, 15) is 14.4 Å². The van der Waals surface area contributed by atoms with Gasteiger partial charge in [0.05, 0.1) is 6.61 Å². The number of ketones is 1. The first-order valence-corrected chi connectivity index (χ1v) is 7.57. The number of benzene rings is 1. The van der Waals surface area contributed by atoms with Gasteiger partial charge >= 0.3 is 12.1 Å². The van der Waals surface area contributed by atoms with Crippen LogP contribution in [0.15, 0.2) is 29.3 Å². The Hall–Kier alpha value is -2.41. The maximum absolute atomic E-state index is 12.7. The summed E-state index contributed by atoms with van der Waals surface area (Å²) in [6.07, 6.45) is -2.34. The lowest BCUT2D eigenvalue weighted by atomic mass is 9.91. The van der Waals surface area contributed by atoms with E-state index in [0.717, 1.165) is 6.92 Å². The third kappa shape index (κ3) is 3.56. The van der Waals surface area contributed by atoms with Crippen LogP contribution in [0, 0.1) is 0 Å². The van der Waals surface area contributed by atoms with E-state index in [-0.39, 0.29) is 12.5 Å². The molecule has 0 saturated carbocycles. The van der Waals surface area contributed by atoms with Gasteiger partial charge in [0.15, 0.2) is 5.60 Å². The van der Waals surface area contributed by atoms with Crippen LogP contribution in [-0.4, -0.2) is 36.5 Å². The second-order valence-electron chi connectivity index (χ2n) is 5.14. The third-order valence-corrected chi connectivity index (χ3v) is 3.64. The number of carbonyl (C=O) groups is 3. The highest BCUT2D eigenvalue weighted by Crippen LogP contribution is 2.36. The van der Waals surface area contributed by atoms with E-state index >= 15 is 0 Å². The van der Waals surface area contributed by atoms with E-state index in [1.807, 2.05) is 0 Å². The number of amides is 1. The first-order chi connectivity index (χ1) is 11.3. The van der Waals surface area contributed by atoms with Gasteiger partial charge in [-0.3, -0.25) is 9.59 Å². The second-order valence-corrected chi connectivity index (χ2v) is 5.58. The fourth-order valence-electron chi connectivity index (χ4n) is 2.24. The van der Waals surface area contributed by atoms with Gasteiger partial charge in [0.25, 0.3) is 0 Å². The van der Waals surface area contributed by atoms with E-state index in [2.05, 4.69) is 4.99 Å². The van der Waals surface area contributed by atoms with Crippen molar-refractivity contribution in [1.82, 2.24) is 0 Å². The summed E-state index contributed by atoms with van der Waals surface area (Å²) in [5.74, 6) is -1.57. The molecule has 0 aliphatic carbocycles. The predicted molar refractivity (Wildman–Crippen MR) is 84.9 cm³/mol. The number of esters is 1. The lowest BCUT2D eigenvalue weighted by molar-refractivity contribution is -0.150. The van der Waals surface area contributed by atoms with Crippen molar-refractivity contribution in [2.45, 2.75) is 32.5 Å². The highest BCUT2D eigenvalue weighted by atomic mass is 35.5. The molecule has 0 spiro atoms. The van der Waals surface area contributed by atoms with Crippen LogP contribution in [0.4, 0.5) is 4.79 Å². The van der Waals surface area contributed by atoms with Crippen LogP contribution in [0.2, 0.25) is 5.02 Å². The lowest BCUT2D eigenvalue weighted by Crippen LogP contribution is -2.35. The number of aliphatic imine (C=N–C) groups is 1. The maximum atomic E-state index is 12.7. The third-order valence-electron chi connectivity index (χ3n) is 3.39. The maximum Gasteiger partial charge on any atom is 0.436 e. The van der Waals surface area contributed by atoms with E-state index in [4.69, 9.17) is 25.8 Å². The Morgan fingerprint density at radius 3 is 2.50 bits per heavy atom. The van der Waals surface area contributed by atoms with Crippen LogP contribution < -0.4 is 0 Å². The number of halogens is 1. The van der Waals surface area contributed by atoms with Gasteiger partial charge in [-0.05, 0) is 26.0 Å². The van der Waals surface area contributed by atoms with Crippen LogP contribution in [0.25, 0.3) is 0 Å². The quantitative estimate of drug-likeness (QED) is 0.776. The minimum Gasteiger partial charge on any atom is -0.458 e. The highest BCUT2D eigenvalue weighted by molar-refractivity contribution is 6.30. The van der Waals surface area contributed by atoms with Crippen LogP contribution in [0.3, 0.4) is 0 Å². The van der Waals surface area contributed by atoms with Crippen molar-refractivity contribution < 1.29 is 28.6 Å². The number of Topliss-reactive ketones (excluding diaryl/α,β-unsaturated/α-hetero) is 1. The molecule has 1 amide bonds. The SMILES string of the molecule is CCOC(=O)N=C1OC(C)(c2ccc(Cl)cc2)C(=O)C1OC(C)=O. The zero-order valence-electron chi connectivity index (χ0n) is 13.4. The average molecular weight is 354 g/mol. The summed E-state index contributed by atoms with van der Waals surface area (Å²) >= 11 is 5.85. The Morgan fingerprint density at radius 2 is 1.96 bits per heavy atom. The number of hydrogen-bond acceptors (Lipinski definition) is 6. The van der Waals surface area contributed by atoms with E-state index in [1.54, 1.807) is 31.2 Å². The van der Waals surface area contributed by atoms with Crippen LogP contribution in [0.5, 0.6) is 0 Å². The highest BCUT2D eigenvalue weighted by Gasteiger charge is 2.54. The fraction of sp³-hybridized carbons (Fsp3) is 0.375. The van der Waals surface area contributed by atoms with E-state index in [1.165, 1.54) is 6.92 Å². The molecule has 24 heavy (non-hydrogen) atoms. The van der Waals surface area contributed by atoms with Crippen molar-refractivity contribution >= 4 is 35.3 Å². The second kappa shape index (κ2) is 7.00. The molecule has 1 aromatic rings. The predicted octanol–water partition coefficient (Wildman–Crippen LogP) is 2.64. The standard InChI is InChI=1S/C16H16ClNO6/c1-4-22-15(21)18-14-12(23-9(2)19)13(20)16(3,24-14)10-5-7-11(17)8-6-10/h5-8,12H,4H2,1-3H3. The Balaban J connectivity index is 2.42. The van der Waals surface area contributed by atoms with Gasteiger partial charge in [0.2, 0.25) is 17.8 Å². The van der Waals surface area contributed by atoms with Gasteiger partial charge in [0, 0.05) is 17.5 Å². The van der Waals surface area contributed by atoms with Crippen molar-refractivity contribution in [2.24, 2.45) is 4.99 Å². The molecule has 2 atom stereocenters. The molecular formula is C16H16ClNO6. The van der Waals surface area contributed by atoms with Gasteiger partial charge in [-0.2, -0.15) is 0 Å². The zero-order valence-corrected chi connectivity index (χ0v) is 14.1. The van der Waals surface area contributed by atoms with Crippen molar-refractivity contribution in [3.63, 3.8) is 0 Å². The van der Waals surface area contributed by atoms with Gasteiger partial charge in [-0.25, -0.2) is 4.79 Å². The summed E-state index contributed by atoms with van der Waals surface area (Å²) in [6.45, 7) is 4.37. The van der Waals surface area contributed by atoms with Crippen molar-refractivity contribution in [3.05, 3.63) is 34.9 Å². The number of rotatable bonds is 3. The number of hydrogen-bond donors (Lipinski definition) is 0. The summed E-state index contributed by atoms with van der Waals surface area (Å²) in [5, 5.41) is 0.491. The molecule has 0 aromatic heterocycles. The number of nitrogens with zero attached hydrogens (tertiary/aromatic N) is 1. The Bertz CT molecular complexity index is 699. The Labute approximate surface area is 143 Å². The summed E-state index contributed by atoms with van der Waals surface area (Å²) < 4.78 is 15.3. The molecular weight excluding hydrogens is 338 g/mol. The van der Waals surface area contributed by atoms with Crippen molar-refractivity contribution in [1.29, 1.82) is 0 Å². The van der Waals surface area contributed by atoms with Gasteiger partial charge in [0.1, 0.15) is 0 Å². The van der Waals surface area contributed by atoms with Crippen LogP contribution in [-0.2, 0) is 29.4 Å². The molecule has 1 aliphatic heterocycles. The van der Waals surface area contributed by atoms with Crippen molar-refractivity contribution in [2.75, 3.05) is 6.61 Å². The number of carbonyl (C=O) groups excluding carboxylic acids is 3. The Kier molecular flexibility index (Phi) is 5.23. The zero-order chi connectivity index (χ0) is 17.9. The van der Waals surface area contributed by atoms with Gasteiger partial charge in [-0.15, -0.1) is 4.99 Å². The molecule has 0 N–H and O–H groups in total. The monoisotopic (exact) mass is 353 g/mol. The minimum absolute atomic E-state index is 0.107. The topological polar surface area (TPSA) is 91.3 Å². The molecule has 1 heterocycles. The molecule has 1 aliphatic rings. The number of ether oxygens (including phenoxy) is 3. The molecule has 1 saturated heterocycles. The Morgan fingerprint density at radius 1 is 1.33 bits per heavy atom. The first kappa shape index (κ1) is 17.9. The largest absolute Gasteiger partial charge is 0.458 e. The average Bonchev–Trinajstić information content (AvgIpc) is 2.73. The summed E-state index contributed by atoms with van der Waals surface area (Å²) in [5.41, 5.74) is -0.973. The molecule has 0 radical (unpaired) electrons. The smallest absolute Gasteiger partial charge is 0.436 e. The van der Waals surface area contributed by atoms with Crippen molar-refractivity contribution in [3.8, 4) is 0 Å². The molecule has 128 valence electrons. The molecule has 7 nitrogen and oxygen atoms in total. The minimum atomic E-state index is -1.46. The van der Waals surface area contributed by atoms with Crippen LogP contribution in [0.1, 0.15) is 26.3 Å². The molecule has 2 rings (SSSR count). The van der Waals surface area contributed by atoms with E-state index in [0.29, 0.717) is 10.6 Å². The van der Waals surface area contributed by atoms with Gasteiger partial charge in [-0.1, -0.05) is 23.7 Å². The first-order valence-electron chi connectivity index (χ1n) is 7.20. The van der Waals surface area contributed by atoms with Gasteiger partial charge < -0.3 is 14.2 Å². The lowest BCUT2D eigenvalue weighted by Gasteiger charge is -2.21. The van der Waals surface area contributed by atoms with E-state index < -0.39 is 29.6 Å². The molecule has 1 aromatic carbocycles. The molecule has 1 fully saturated rings. The van der Waals surface area contributed by atoms with Crippen LogP contribution >= 0.6 is 11.6 Å².